The lowest BCUT2D eigenvalue weighted by Crippen LogP contribution is -2.66. The Kier molecular flexibility index (Phi) is 12.4. The van der Waals surface area contributed by atoms with Gasteiger partial charge in [-0.2, -0.15) is 22.7 Å². The van der Waals surface area contributed by atoms with E-state index in [1.807, 2.05) is 30.3 Å². The molecule has 0 amide bonds. The highest BCUT2D eigenvalue weighted by Crippen LogP contribution is 2.20. The van der Waals surface area contributed by atoms with Gasteiger partial charge in [-0.25, -0.2) is 0 Å². The number of hydrogen-bond acceptors (Lipinski definition) is 1. The highest BCUT2D eigenvalue weighted by Gasteiger charge is 2.29. The van der Waals surface area contributed by atoms with Gasteiger partial charge in [-0.1, -0.05) is 171 Å². The van der Waals surface area contributed by atoms with Crippen molar-refractivity contribution in [3.8, 4) is 0 Å². The van der Waals surface area contributed by atoms with Crippen molar-refractivity contribution in [2.45, 2.75) is 26.1 Å². The van der Waals surface area contributed by atoms with Crippen molar-refractivity contribution in [1.82, 2.24) is 0 Å². The molecule has 0 fully saturated rings. The third-order valence-electron chi connectivity index (χ3n) is 6.82. The van der Waals surface area contributed by atoms with Crippen molar-refractivity contribution in [1.29, 1.82) is 0 Å². The topological polar surface area (TPSA) is 17.1 Å². The summed E-state index contributed by atoms with van der Waals surface area (Å²) in [6, 6.07) is 36.1. The quantitative estimate of drug-likeness (QED) is 0.0976. The molecule has 198 valence electrons. The van der Waals surface area contributed by atoms with Crippen LogP contribution >= 0.6 is 47.8 Å². The number of unbranched alkanes of at least 4 members (excludes halogenated alkanes) is 1. The molecule has 0 bridgehead atoms. The number of halogens is 3. The van der Waals surface area contributed by atoms with Crippen LogP contribution in [-0.2, 0) is 10.9 Å². The number of benzene rings is 4. The van der Waals surface area contributed by atoms with Gasteiger partial charge in [0.05, 0.1) is 18.7 Å². The van der Waals surface area contributed by atoms with Gasteiger partial charge in [0.15, 0.2) is 5.75 Å². The first-order chi connectivity index (χ1) is 18.3. The Labute approximate surface area is 256 Å². The van der Waals surface area contributed by atoms with Crippen molar-refractivity contribution in [2.24, 2.45) is 0 Å². The molecule has 4 aromatic rings. The van der Waals surface area contributed by atoms with E-state index in [0.29, 0.717) is 5.75 Å². The Morgan fingerprint density at radius 3 is 1.39 bits per heavy atom. The monoisotopic (exact) mass is 714 g/mol. The second-order valence-corrected chi connectivity index (χ2v) is 14.8. The maximum atomic E-state index is 11.5. The minimum Gasteiger partial charge on any atom is -0.289 e. The zero-order valence-electron chi connectivity index (χ0n) is 22.2. The first kappa shape index (κ1) is 30.9. The molecule has 1 nitrogen and oxygen atoms in total. The minimum absolute atomic E-state index is 0.204. The Hall–Kier alpha value is -1.60. The van der Waals surface area contributed by atoms with E-state index in [0.717, 1.165) is 25.3 Å². The number of carbonyl (C=O) groups excluding carboxylic acids is 1. The highest BCUT2D eigenvalue weighted by atomic mass is 79.9. The second-order valence-electron chi connectivity index (χ2n) is 9.76. The molecule has 0 aliphatic rings. The Bertz CT molecular complexity index is 1160. The van der Waals surface area contributed by atoms with Gasteiger partial charge in [-0.15, -0.1) is 0 Å². The smallest absolute Gasteiger partial charge is 0.211 e. The average Bonchev–Trinajstić information content (AvgIpc) is 2.92. The predicted octanol–water partition coefficient (Wildman–Crippen LogP) is 7.99. The van der Waals surface area contributed by atoms with Gasteiger partial charge in [0.2, 0.25) is 5.78 Å². The van der Waals surface area contributed by atoms with Gasteiger partial charge in [-0.3, -0.25) is 4.79 Å². The number of Topliss-reactive ketones (excluding diaryl/α,β-unsaturated/α-hetero) is 1. The fourth-order valence-electron chi connectivity index (χ4n) is 4.93. The van der Waals surface area contributed by atoms with Gasteiger partial charge < -0.3 is 0 Å². The fraction of sp³-hybridized carbons (Fsp3) is 0.219. The lowest BCUT2D eigenvalue weighted by Gasteiger charge is -2.43. The van der Waals surface area contributed by atoms with Gasteiger partial charge >= 0.3 is 0 Å². The molecule has 38 heavy (non-hydrogen) atoms. The zero-order valence-corrected chi connectivity index (χ0v) is 27.7. The second kappa shape index (κ2) is 15.3. The summed E-state index contributed by atoms with van der Waals surface area (Å²) in [6.45, 7) is 2.27. The van der Waals surface area contributed by atoms with E-state index in [1.54, 1.807) is 0 Å². The molecule has 0 heterocycles. The molecule has 4 aromatic carbocycles. The summed E-state index contributed by atoms with van der Waals surface area (Å²) in [5, 5.41) is 0. The molecule has 0 N–H and O–H groups in total. The van der Waals surface area contributed by atoms with Crippen LogP contribution in [0.2, 0.25) is 6.32 Å². The Balaban J connectivity index is 0.000000279. The lowest BCUT2D eigenvalue weighted by molar-refractivity contribution is 0.102. The number of hydrogen-bond donors (Lipinski definition) is 0. The van der Waals surface area contributed by atoms with Gasteiger partial charge in [-0.05, 0) is 10.9 Å². The molecular formula is C32H34BBr3OS. The van der Waals surface area contributed by atoms with Crippen LogP contribution in [0.25, 0.3) is 0 Å². The van der Waals surface area contributed by atoms with E-state index >= 15 is 0 Å². The van der Waals surface area contributed by atoms with Crippen molar-refractivity contribution in [2.75, 3.05) is 18.3 Å². The summed E-state index contributed by atoms with van der Waals surface area (Å²) in [6.07, 6.45) is 6.67. The highest BCUT2D eigenvalue weighted by molar-refractivity contribution is 9.11. The fourth-order valence-corrected chi connectivity index (χ4v) is 6.42. The van der Waals surface area contributed by atoms with E-state index in [1.165, 1.54) is 29.2 Å². The number of carbonyl (C=O) groups is 1. The van der Waals surface area contributed by atoms with Crippen LogP contribution in [0.5, 0.6) is 0 Å². The molecule has 4 rings (SSSR count). The van der Waals surface area contributed by atoms with Crippen LogP contribution in [0.3, 0.4) is 0 Å². The largest absolute Gasteiger partial charge is 0.289 e. The summed E-state index contributed by atoms with van der Waals surface area (Å²) in [7, 11) is 0.204. The normalized spacial score (nSPS) is 11.1. The summed E-state index contributed by atoms with van der Waals surface area (Å²) in [5.41, 5.74) is 5.02. The molecule has 0 saturated heterocycles. The maximum absolute atomic E-state index is 11.5. The zero-order chi connectivity index (χ0) is 27.5. The third kappa shape index (κ3) is 8.45. The lowest BCUT2D eigenvalue weighted by atomic mass is 9.14. The van der Waals surface area contributed by atoms with Crippen LogP contribution in [0.15, 0.2) is 117 Å². The van der Waals surface area contributed by atoms with Gasteiger partial charge in [0.25, 0.3) is 0 Å². The molecule has 0 aromatic heterocycles. The molecule has 0 radical (unpaired) electrons. The summed E-state index contributed by atoms with van der Waals surface area (Å²) in [4.78, 5) is 11.5. The van der Waals surface area contributed by atoms with E-state index < -0.39 is 6.15 Å². The van der Waals surface area contributed by atoms with E-state index in [4.69, 9.17) is 0 Å². The summed E-state index contributed by atoms with van der Waals surface area (Å²) in [5.74, 6) is 0.924. The first-order valence-corrected chi connectivity index (χ1v) is 17.4. The van der Waals surface area contributed by atoms with Crippen molar-refractivity contribution in [3.63, 3.8) is 0 Å². The number of ketones is 1. The number of rotatable bonds is 9. The van der Waals surface area contributed by atoms with E-state index in [9.17, 15) is 4.79 Å². The Morgan fingerprint density at radius 2 is 1.05 bits per heavy atom. The first-order valence-electron chi connectivity index (χ1n) is 12.8. The maximum Gasteiger partial charge on any atom is 0.211 e. The molecule has 0 aliphatic heterocycles. The molecule has 6 heteroatoms. The summed E-state index contributed by atoms with van der Waals surface area (Å²) < 4.78 is 3.36. The van der Waals surface area contributed by atoms with Crippen LogP contribution in [0.4, 0.5) is 0 Å². The molecule has 0 saturated carbocycles. The van der Waals surface area contributed by atoms with Crippen LogP contribution < -0.4 is 16.4 Å². The standard InChI is InChI=1S/C22H21BBr3.C10H13OS/c1-2-3-16-23(17-4-10-20(24)11-5-17,18-6-12-21(25)13-7-18)19-8-14-22(26)15-9-19;1-12(2)8-10(11)9-6-4-3-5-7-9/h4-15H,2-3,16H2,1H3;3-7H,8H2,1-2H3/q-1;+1. The summed E-state index contributed by atoms with van der Waals surface area (Å²) >= 11 is 10.8. The average molecular weight is 717 g/mol. The predicted molar refractivity (Wildman–Crippen MR) is 182 cm³/mol. The van der Waals surface area contributed by atoms with Crippen LogP contribution in [0, 0.1) is 0 Å². The van der Waals surface area contributed by atoms with Crippen LogP contribution in [0.1, 0.15) is 30.1 Å². The van der Waals surface area contributed by atoms with Crippen molar-refractivity contribution >= 4 is 87.0 Å². The molecule has 0 atom stereocenters. The van der Waals surface area contributed by atoms with E-state index in [-0.39, 0.29) is 16.7 Å². The third-order valence-corrected chi connectivity index (χ3v) is 9.25. The molecule has 0 aliphatic carbocycles. The Morgan fingerprint density at radius 1 is 0.658 bits per heavy atom. The SMILES string of the molecule is CCCC[B-](c1ccc(Br)cc1)(c1ccc(Br)cc1)c1ccc(Br)cc1.C[S+](C)CC(=O)c1ccccc1. The van der Waals surface area contributed by atoms with Gasteiger partial charge in [0.1, 0.15) is 0 Å². The molecule has 0 spiro atoms. The van der Waals surface area contributed by atoms with Crippen LogP contribution in [-0.4, -0.2) is 30.2 Å². The van der Waals surface area contributed by atoms with Gasteiger partial charge in [0, 0.05) is 19.0 Å². The minimum atomic E-state index is -1.02. The molecule has 0 unspecified atom stereocenters. The molecular weight excluding hydrogens is 683 g/mol. The van der Waals surface area contributed by atoms with E-state index in [2.05, 4.69) is 140 Å². The van der Waals surface area contributed by atoms with Crippen molar-refractivity contribution in [3.05, 3.63) is 122 Å². The van der Waals surface area contributed by atoms with Crippen molar-refractivity contribution < 1.29 is 4.79 Å².